The number of halogens is 1. The smallest absolute Gasteiger partial charge is 0.324 e. The third kappa shape index (κ3) is 4.08. The first-order chi connectivity index (χ1) is 15.4. The molecule has 9 heteroatoms. The van der Waals surface area contributed by atoms with E-state index < -0.39 is 0 Å². The van der Waals surface area contributed by atoms with Crippen molar-refractivity contribution in [1.29, 1.82) is 0 Å². The minimum absolute atomic E-state index is 0.145. The SMILES string of the molecule is Cc1noc(N2C[C@H]3CC[C@@H](C2)C3Cc2nc(Oc3ccc(C)c(Cl)c3)n(C(C)C)n2)n1. The van der Waals surface area contributed by atoms with E-state index in [1.165, 1.54) is 12.8 Å². The van der Waals surface area contributed by atoms with Crippen molar-refractivity contribution in [2.24, 2.45) is 17.8 Å². The third-order valence-electron chi connectivity index (χ3n) is 6.72. The van der Waals surface area contributed by atoms with Gasteiger partial charge in [0, 0.05) is 24.5 Å². The molecule has 1 aliphatic carbocycles. The lowest BCUT2D eigenvalue weighted by atomic mass is 9.82. The zero-order valence-electron chi connectivity index (χ0n) is 19.0. The van der Waals surface area contributed by atoms with Crippen LogP contribution >= 0.6 is 11.6 Å². The van der Waals surface area contributed by atoms with E-state index in [1.807, 2.05) is 36.7 Å². The Morgan fingerprint density at radius 2 is 1.91 bits per heavy atom. The molecule has 1 aliphatic heterocycles. The van der Waals surface area contributed by atoms with Crippen molar-refractivity contribution < 1.29 is 9.26 Å². The molecule has 1 saturated carbocycles. The first-order valence-electron chi connectivity index (χ1n) is 11.3. The van der Waals surface area contributed by atoms with Gasteiger partial charge in [-0.3, -0.25) is 0 Å². The quantitative estimate of drug-likeness (QED) is 0.515. The molecule has 2 fully saturated rings. The van der Waals surface area contributed by atoms with Crippen molar-refractivity contribution >= 4 is 17.6 Å². The first kappa shape index (κ1) is 21.2. The Labute approximate surface area is 192 Å². The molecule has 8 nitrogen and oxygen atoms in total. The number of piperidine rings is 1. The zero-order valence-corrected chi connectivity index (χ0v) is 19.7. The molecule has 1 saturated heterocycles. The summed E-state index contributed by atoms with van der Waals surface area (Å²) in [4.78, 5) is 11.4. The van der Waals surface area contributed by atoms with Crippen LogP contribution < -0.4 is 9.64 Å². The number of hydrogen-bond acceptors (Lipinski definition) is 7. The second-order valence-electron chi connectivity index (χ2n) is 9.36. The van der Waals surface area contributed by atoms with E-state index in [2.05, 4.69) is 28.9 Å². The summed E-state index contributed by atoms with van der Waals surface area (Å²) in [7, 11) is 0. The van der Waals surface area contributed by atoms with E-state index in [-0.39, 0.29) is 6.04 Å². The fourth-order valence-corrected chi connectivity index (χ4v) is 5.21. The maximum Gasteiger partial charge on any atom is 0.324 e. The van der Waals surface area contributed by atoms with Crippen LogP contribution in [0, 0.1) is 31.6 Å². The van der Waals surface area contributed by atoms with Crippen molar-refractivity contribution in [3.63, 3.8) is 0 Å². The van der Waals surface area contributed by atoms with Crippen molar-refractivity contribution in [3.05, 3.63) is 40.4 Å². The highest BCUT2D eigenvalue weighted by Crippen LogP contribution is 2.44. The second kappa shape index (κ2) is 8.39. The van der Waals surface area contributed by atoms with E-state index >= 15 is 0 Å². The van der Waals surface area contributed by atoms with E-state index in [4.69, 9.17) is 30.9 Å². The van der Waals surface area contributed by atoms with Gasteiger partial charge >= 0.3 is 12.0 Å². The summed E-state index contributed by atoms with van der Waals surface area (Å²) >= 11 is 6.27. The Morgan fingerprint density at radius 3 is 2.53 bits per heavy atom. The molecule has 170 valence electrons. The number of aromatic nitrogens is 5. The standard InChI is InChI=1S/C23H29ClN6O2/c1-13(2)30-23(31-18-8-5-14(3)20(24)9-18)26-21(27-30)10-19-16-6-7-17(19)12-29(11-16)22-25-15(4)28-32-22/h5,8-9,13,16-17,19H,6-7,10-12H2,1-4H3/t16-,17+,19?. The molecular formula is C23H29ClN6O2. The molecule has 32 heavy (non-hydrogen) atoms. The minimum Gasteiger partial charge on any atom is -0.424 e. The van der Waals surface area contributed by atoms with Crippen LogP contribution in [0.25, 0.3) is 0 Å². The number of nitrogens with zero attached hydrogens (tertiary/aromatic N) is 6. The molecule has 3 heterocycles. The van der Waals surface area contributed by atoms with E-state index in [0.717, 1.165) is 30.9 Å². The molecule has 5 rings (SSSR count). The lowest BCUT2D eigenvalue weighted by Gasteiger charge is -2.36. The maximum absolute atomic E-state index is 6.27. The molecule has 1 unspecified atom stereocenters. The number of fused-ring (bicyclic) bond motifs is 2. The van der Waals surface area contributed by atoms with Gasteiger partial charge in [-0.05, 0) is 76.0 Å². The molecule has 0 radical (unpaired) electrons. The van der Waals surface area contributed by atoms with Crippen molar-refractivity contribution in [2.45, 2.75) is 53.0 Å². The second-order valence-corrected chi connectivity index (χ2v) is 9.76. The summed E-state index contributed by atoms with van der Waals surface area (Å²) in [6, 6.07) is 6.99. The van der Waals surface area contributed by atoms with Gasteiger partial charge < -0.3 is 14.2 Å². The van der Waals surface area contributed by atoms with Crippen LogP contribution in [-0.4, -0.2) is 38.0 Å². The monoisotopic (exact) mass is 456 g/mol. The van der Waals surface area contributed by atoms with Crippen molar-refractivity contribution in [1.82, 2.24) is 24.9 Å². The fourth-order valence-electron chi connectivity index (χ4n) is 5.04. The highest BCUT2D eigenvalue weighted by molar-refractivity contribution is 6.31. The summed E-state index contributed by atoms with van der Waals surface area (Å²) in [5.41, 5.74) is 1.02. The van der Waals surface area contributed by atoms with Crippen LogP contribution in [0.4, 0.5) is 6.01 Å². The van der Waals surface area contributed by atoms with Crippen LogP contribution in [0.15, 0.2) is 22.7 Å². The molecule has 0 spiro atoms. The molecule has 2 bridgehead atoms. The van der Waals surface area contributed by atoms with Crippen LogP contribution in [0.1, 0.15) is 49.9 Å². The van der Waals surface area contributed by atoms with E-state index in [1.54, 1.807) is 0 Å². The van der Waals surface area contributed by atoms with Crippen LogP contribution in [0.3, 0.4) is 0 Å². The topological polar surface area (TPSA) is 82.1 Å². The average molecular weight is 457 g/mol. The summed E-state index contributed by atoms with van der Waals surface area (Å²) in [5, 5.41) is 9.44. The third-order valence-corrected chi connectivity index (χ3v) is 7.13. The van der Waals surface area contributed by atoms with Crippen LogP contribution in [0.5, 0.6) is 11.8 Å². The van der Waals surface area contributed by atoms with Gasteiger partial charge in [-0.15, -0.1) is 0 Å². The Hall–Kier alpha value is -2.61. The Bertz CT molecular complexity index is 1100. The predicted molar refractivity (Wildman–Crippen MR) is 121 cm³/mol. The van der Waals surface area contributed by atoms with Crippen molar-refractivity contribution in [2.75, 3.05) is 18.0 Å². The number of anilines is 1. The van der Waals surface area contributed by atoms with E-state index in [9.17, 15) is 0 Å². The lowest BCUT2D eigenvalue weighted by molar-refractivity contribution is 0.253. The highest BCUT2D eigenvalue weighted by atomic mass is 35.5. The Morgan fingerprint density at radius 1 is 1.16 bits per heavy atom. The number of hydrogen-bond donors (Lipinski definition) is 0. The fraction of sp³-hybridized carbons (Fsp3) is 0.565. The number of benzene rings is 1. The zero-order chi connectivity index (χ0) is 22.4. The molecule has 2 aliphatic rings. The van der Waals surface area contributed by atoms with Gasteiger partial charge in [0.15, 0.2) is 11.6 Å². The van der Waals surface area contributed by atoms with Gasteiger partial charge in [-0.25, -0.2) is 4.68 Å². The highest BCUT2D eigenvalue weighted by Gasteiger charge is 2.43. The summed E-state index contributed by atoms with van der Waals surface area (Å²) in [5.74, 6) is 3.90. The normalized spacial score (nSPS) is 22.7. The molecule has 0 amide bonds. The van der Waals surface area contributed by atoms with Gasteiger partial charge in [0.05, 0.1) is 6.04 Å². The summed E-state index contributed by atoms with van der Waals surface area (Å²) in [6.07, 6.45) is 3.29. The van der Waals surface area contributed by atoms with Gasteiger partial charge in [0.2, 0.25) is 0 Å². The van der Waals surface area contributed by atoms with E-state index in [0.29, 0.717) is 46.4 Å². The molecule has 0 N–H and O–H groups in total. The molecule has 2 aromatic heterocycles. The maximum atomic E-state index is 6.27. The first-order valence-corrected chi connectivity index (χ1v) is 11.7. The number of aryl methyl sites for hydroxylation is 2. The minimum atomic E-state index is 0.145. The predicted octanol–water partition coefficient (Wildman–Crippen LogP) is 5.01. The summed E-state index contributed by atoms with van der Waals surface area (Å²) < 4.78 is 13.4. The van der Waals surface area contributed by atoms with Gasteiger partial charge in [-0.2, -0.15) is 15.1 Å². The largest absolute Gasteiger partial charge is 0.424 e. The van der Waals surface area contributed by atoms with Crippen LogP contribution in [-0.2, 0) is 6.42 Å². The molecular weight excluding hydrogens is 428 g/mol. The van der Waals surface area contributed by atoms with Gasteiger partial charge in [-0.1, -0.05) is 22.8 Å². The number of ether oxygens (including phenoxy) is 1. The Balaban J connectivity index is 1.32. The van der Waals surface area contributed by atoms with Gasteiger partial charge in [0.1, 0.15) is 5.75 Å². The van der Waals surface area contributed by atoms with Gasteiger partial charge in [0.25, 0.3) is 0 Å². The summed E-state index contributed by atoms with van der Waals surface area (Å²) in [6.45, 7) is 9.89. The molecule has 3 atom stereocenters. The average Bonchev–Trinajstić information content (AvgIpc) is 3.41. The van der Waals surface area contributed by atoms with Crippen molar-refractivity contribution in [3.8, 4) is 11.8 Å². The Kier molecular flexibility index (Phi) is 5.57. The molecule has 3 aromatic rings. The molecule has 1 aromatic carbocycles. The lowest BCUT2D eigenvalue weighted by Crippen LogP contribution is -2.43. The van der Waals surface area contributed by atoms with Crippen LogP contribution in [0.2, 0.25) is 5.02 Å². The number of rotatable bonds is 6.